The molecule has 1 amide bonds. The number of hydrogen-bond donors (Lipinski definition) is 3. The van der Waals surface area contributed by atoms with Gasteiger partial charge in [0, 0.05) is 6.42 Å². The van der Waals surface area contributed by atoms with Crippen molar-refractivity contribution < 1.29 is 19.4 Å². The topological polar surface area (TPSA) is 126 Å². The molecule has 0 aliphatic carbocycles. The fourth-order valence-electron chi connectivity index (χ4n) is 4.08. The van der Waals surface area contributed by atoms with Crippen molar-refractivity contribution in [3.8, 4) is 11.5 Å². The van der Waals surface area contributed by atoms with Crippen molar-refractivity contribution in [1.29, 1.82) is 0 Å². The Kier molecular flexibility index (Phi) is 9.58. The lowest BCUT2D eigenvalue weighted by molar-refractivity contribution is -0.129. The van der Waals surface area contributed by atoms with E-state index in [1.807, 2.05) is 42.5 Å². The summed E-state index contributed by atoms with van der Waals surface area (Å²) in [7, 11) is 3.12. The summed E-state index contributed by atoms with van der Waals surface area (Å²) in [5.41, 5.74) is 1.73. The number of nitrogens with one attached hydrogen (secondary N) is 2. The van der Waals surface area contributed by atoms with E-state index >= 15 is 0 Å². The van der Waals surface area contributed by atoms with Crippen LogP contribution < -0.4 is 20.3 Å². The number of methoxy groups -OCH3 is 2. The maximum atomic E-state index is 12.9. The van der Waals surface area contributed by atoms with Crippen LogP contribution in [-0.4, -0.2) is 46.5 Å². The van der Waals surface area contributed by atoms with Gasteiger partial charge in [0.1, 0.15) is 11.5 Å². The molecule has 0 radical (unpaired) electrons. The predicted octanol–water partition coefficient (Wildman–Crippen LogP) is 2.97. The first-order valence-corrected chi connectivity index (χ1v) is 12.0. The maximum absolute atomic E-state index is 12.9. The number of ether oxygens (including phenoxy) is 2. The molecular weight excluding hydrogens is 460 g/mol. The third-order valence-corrected chi connectivity index (χ3v) is 6.10. The smallest absolute Gasteiger partial charge is 0.275 e. The number of aromatic nitrogens is 3. The molecule has 1 heterocycles. The minimum atomic E-state index is -0.818. The minimum absolute atomic E-state index is 0.105. The largest absolute Gasteiger partial charge is 0.493 e. The highest BCUT2D eigenvalue weighted by Crippen LogP contribution is 2.28. The third kappa shape index (κ3) is 7.14. The number of carbonyl (C=O) groups is 1. The maximum Gasteiger partial charge on any atom is 0.275 e. The molecule has 0 saturated heterocycles. The van der Waals surface area contributed by atoms with Crippen LogP contribution in [0.4, 0.5) is 0 Å². The van der Waals surface area contributed by atoms with Crippen molar-refractivity contribution in [2.75, 3.05) is 14.2 Å². The van der Waals surface area contributed by atoms with Crippen molar-refractivity contribution in [2.24, 2.45) is 5.92 Å². The van der Waals surface area contributed by atoms with Crippen LogP contribution in [0.25, 0.3) is 0 Å². The fraction of sp³-hybridized carbons (Fsp3) is 0.407. The number of aromatic amines is 1. The van der Waals surface area contributed by atoms with Crippen LogP contribution >= 0.6 is 0 Å². The number of aryl methyl sites for hydroxylation is 1. The zero-order chi connectivity index (χ0) is 26.1. The van der Waals surface area contributed by atoms with Crippen molar-refractivity contribution in [3.05, 3.63) is 81.5 Å². The highest BCUT2D eigenvalue weighted by atomic mass is 16.5. The summed E-state index contributed by atoms with van der Waals surface area (Å²) < 4.78 is 10.6. The summed E-state index contributed by atoms with van der Waals surface area (Å²) in [5, 5.41) is 21.2. The number of hydrogen-bond acceptors (Lipinski definition) is 7. The highest BCUT2D eigenvalue weighted by Gasteiger charge is 2.26. The summed E-state index contributed by atoms with van der Waals surface area (Å²) >= 11 is 0. The molecule has 0 saturated carbocycles. The second-order valence-electron chi connectivity index (χ2n) is 8.81. The van der Waals surface area contributed by atoms with Gasteiger partial charge < -0.3 is 24.9 Å². The van der Waals surface area contributed by atoms with Crippen LogP contribution in [-0.2, 0) is 17.6 Å². The number of aliphatic hydroxyl groups excluding tert-OH is 1. The molecule has 0 spiro atoms. The molecule has 0 unspecified atom stereocenters. The van der Waals surface area contributed by atoms with Gasteiger partial charge in [-0.1, -0.05) is 36.4 Å². The first-order valence-electron chi connectivity index (χ1n) is 12.0. The second-order valence-corrected chi connectivity index (χ2v) is 8.81. The van der Waals surface area contributed by atoms with Crippen molar-refractivity contribution in [1.82, 2.24) is 20.5 Å². The lowest BCUT2D eigenvalue weighted by atomic mass is 9.94. The van der Waals surface area contributed by atoms with E-state index in [2.05, 4.69) is 20.5 Å². The molecule has 3 atom stereocenters. The van der Waals surface area contributed by atoms with Crippen LogP contribution in [0.2, 0.25) is 0 Å². The molecule has 192 valence electrons. The van der Waals surface area contributed by atoms with Crippen LogP contribution in [0.3, 0.4) is 0 Å². The Morgan fingerprint density at radius 2 is 1.75 bits per heavy atom. The van der Waals surface area contributed by atoms with Gasteiger partial charge in [-0.3, -0.25) is 9.59 Å². The Bertz CT molecular complexity index is 1200. The van der Waals surface area contributed by atoms with Crippen molar-refractivity contribution in [2.45, 2.75) is 51.7 Å². The Labute approximate surface area is 210 Å². The molecule has 3 rings (SSSR count). The van der Waals surface area contributed by atoms with Gasteiger partial charge in [-0.15, -0.1) is 10.2 Å². The quantitative estimate of drug-likeness (QED) is 0.353. The van der Waals surface area contributed by atoms with E-state index in [9.17, 15) is 14.7 Å². The third-order valence-electron chi connectivity index (χ3n) is 6.10. The van der Waals surface area contributed by atoms with E-state index < -0.39 is 23.6 Å². The zero-order valence-electron chi connectivity index (χ0n) is 21.2. The van der Waals surface area contributed by atoms with Gasteiger partial charge in [-0.2, -0.15) is 0 Å². The van der Waals surface area contributed by atoms with E-state index in [0.717, 1.165) is 18.4 Å². The van der Waals surface area contributed by atoms with Gasteiger partial charge in [0.25, 0.3) is 5.56 Å². The summed E-state index contributed by atoms with van der Waals surface area (Å²) in [6, 6.07) is 14.8. The molecule has 0 bridgehead atoms. The van der Waals surface area contributed by atoms with Crippen LogP contribution in [0.5, 0.6) is 11.5 Å². The Morgan fingerprint density at radius 1 is 1.03 bits per heavy atom. The van der Waals surface area contributed by atoms with Gasteiger partial charge in [0.05, 0.1) is 32.3 Å². The van der Waals surface area contributed by atoms with Gasteiger partial charge in [-0.05, 0) is 56.4 Å². The summed E-state index contributed by atoms with van der Waals surface area (Å²) in [5.74, 6) is 0.664. The highest BCUT2D eigenvalue weighted by molar-refractivity contribution is 5.79. The molecule has 36 heavy (non-hydrogen) atoms. The molecular formula is C27H34N4O5. The van der Waals surface area contributed by atoms with Crippen molar-refractivity contribution in [3.63, 3.8) is 0 Å². The first kappa shape index (κ1) is 26.9. The van der Waals surface area contributed by atoms with Gasteiger partial charge in [0.15, 0.2) is 11.5 Å². The SMILES string of the molecule is COc1ccc(Cc2nnc([C@@H](C)NC(=O)[C@@H](CCCc3ccccc3)[C@@H](C)O)c(=O)[nH]2)cc1OC. The summed E-state index contributed by atoms with van der Waals surface area (Å²) in [6.45, 7) is 3.28. The van der Waals surface area contributed by atoms with Gasteiger partial charge >= 0.3 is 0 Å². The number of benzene rings is 2. The Morgan fingerprint density at radius 3 is 2.39 bits per heavy atom. The number of H-pyrrole nitrogens is 1. The minimum Gasteiger partial charge on any atom is -0.493 e. The van der Waals surface area contributed by atoms with Crippen LogP contribution in [0.1, 0.15) is 55.4 Å². The van der Waals surface area contributed by atoms with Crippen molar-refractivity contribution >= 4 is 5.91 Å². The van der Waals surface area contributed by atoms with E-state index in [-0.39, 0.29) is 11.6 Å². The number of nitrogens with zero attached hydrogens (tertiary/aromatic N) is 2. The number of aliphatic hydroxyl groups is 1. The molecule has 0 fully saturated rings. The predicted molar refractivity (Wildman–Crippen MR) is 136 cm³/mol. The number of rotatable bonds is 12. The molecule has 9 heteroatoms. The molecule has 3 N–H and O–H groups in total. The molecule has 0 aliphatic heterocycles. The van der Waals surface area contributed by atoms with Gasteiger partial charge in [-0.25, -0.2) is 0 Å². The number of carbonyl (C=O) groups excluding carboxylic acids is 1. The van der Waals surface area contributed by atoms with E-state index in [0.29, 0.717) is 30.2 Å². The fourth-order valence-corrected chi connectivity index (χ4v) is 4.08. The molecule has 1 aromatic heterocycles. The van der Waals surface area contributed by atoms with Gasteiger partial charge in [0.2, 0.25) is 5.91 Å². The molecule has 2 aromatic carbocycles. The average Bonchev–Trinajstić information content (AvgIpc) is 2.86. The van der Waals surface area contributed by atoms with Crippen LogP contribution in [0, 0.1) is 5.92 Å². The monoisotopic (exact) mass is 494 g/mol. The summed E-state index contributed by atoms with van der Waals surface area (Å²) in [4.78, 5) is 28.3. The van der Waals surface area contributed by atoms with E-state index in [1.165, 1.54) is 5.56 Å². The van der Waals surface area contributed by atoms with E-state index in [1.54, 1.807) is 34.1 Å². The Balaban J connectivity index is 1.62. The lowest BCUT2D eigenvalue weighted by Crippen LogP contribution is -2.40. The second kappa shape index (κ2) is 12.8. The lowest BCUT2D eigenvalue weighted by Gasteiger charge is -2.22. The molecule has 0 aliphatic rings. The van der Waals surface area contributed by atoms with E-state index in [4.69, 9.17) is 9.47 Å². The normalized spacial score (nSPS) is 13.5. The zero-order valence-corrected chi connectivity index (χ0v) is 21.2. The Hall–Kier alpha value is -3.72. The first-order chi connectivity index (χ1) is 17.3. The molecule has 9 nitrogen and oxygen atoms in total. The van der Waals surface area contributed by atoms with Crippen LogP contribution in [0.15, 0.2) is 53.3 Å². The standard InChI is InChI=1S/C27H34N4O5/c1-17(28-26(33)21(18(2)32)12-8-11-19-9-6-5-7-10-19)25-27(34)29-24(30-31-25)16-20-13-14-22(35-3)23(15-20)36-4/h5-7,9-10,13-15,17-18,21,32H,8,11-12,16H2,1-4H3,(H,28,33)(H,29,30,34)/t17-,18-,21+/m1/s1. The molecule has 3 aromatic rings. The number of amides is 1. The summed E-state index contributed by atoms with van der Waals surface area (Å²) in [6.07, 6.45) is 1.62. The average molecular weight is 495 g/mol.